The molecule has 1 aromatic heterocycles. The molecule has 0 aliphatic heterocycles. The van der Waals surface area contributed by atoms with Crippen molar-refractivity contribution < 1.29 is 14.2 Å². The van der Waals surface area contributed by atoms with Crippen LogP contribution in [0.3, 0.4) is 0 Å². The summed E-state index contributed by atoms with van der Waals surface area (Å²) in [6.07, 6.45) is 3.27. The van der Waals surface area contributed by atoms with Gasteiger partial charge in [-0.3, -0.25) is 0 Å². The minimum Gasteiger partial charge on any atom is -0.342 e. The zero-order valence-corrected chi connectivity index (χ0v) is 7.33. The van der Waals surface area contributed by atoms with Crippen LogP contribution in [0.25, 0.3) is 0 Å². The molecule has 68 valence electrons. The Bertz CT molecular complexity index is 210. The van der Waals surface area contributed by atoms with E-state index in [1.807, 2.05) is 0 Å². The summed E-state index contributed by atoms with van der Waals surface area (Å²) in [6, 6.07) is 0. The first-order valence-corrected chi connectivity index (χ1v) is 3.44. The van der Waals surface area contributed by atoms with Crippen LogP contribution < -0.4 is 0 Å². The second-order valence-electron chi connectivity index (χ2n) is 2.11. The van der Waals surface area contributed by atoms with E-state index in [4.69, 9.17) is 14.2 Å². The van der Waals surface area contributed by atoms with Crippen LogP contribution >= 0.6 is 0 Å². The maximum Gasteiger partial charge on any atom is 0.345 e. The Labute approximate surface area is 70.7 Å². The highest BCUT2D eigenvalue weighted by Crippen LogP contribution is 2.22. The van der Waals surface area contributed by atoms with E-state index in [1.54, 1.807) is 12.4 Å². The second kappa shape index (κ2) is 3.66. The molecule has 1 heterocycles. The van der Waals surface area contributed by atoms with Crippen LogP contribution in [0, 0.1) is 0 Å². The van der Waals surface area contributed by atoms with Crippen molar-refractivity contribution in [1.29, 1.82) is 0 Å². The SMILES string of the molecule is COC(OC)(OC)c1ncc[nH]1. The number of ether oxygens (including phenoxy) is 3. The van der Waals surface area contributed by atoms with Gasteiger partial charge in [-0.2, -0.15) is 0 Å². The summed E-state index contributed by atoms with van der Waals surface area (Å²) >= 11 is 0. The van der Waals surface area contributed by atoms with E-state index < -0.39 is 5.97 Å². The summed E-state index contributed by atoms with van der Waals surface area (Å²) in [4.78, 5) is 6.82. The lowest BCUT2D eigenvalue weighted by Gasteiger charge is -2.25. The molecule has 0 spiro atoms. The Morgan fingerprint density at radius 1 is 1.25 bits per heavy atom. The van der Waals surface area contributed by atoms with Crippen LogP contribution in [0.5, 0.6) is 0 Å². The quantitative estimate of drug-likeness (QED) is 0.670. The molecule has 1 rings (SSSR count). The van der Waals surface area contributed by atoms with Crippen LogP contribution in [0.2, 0.25) is 0 Å². The smallest absolute Gasteiger partial charge is 0.342 e. The minimum absolute atomic E-state index is 0.481. The van der Waals surface area contributed by atoms with Crippen LogP contribution in [-0.4, -0.2) is 31.3 Å². The van der Waals surface area contributed by atoms with Gasteiger partial charge < -0.3 is 19.2 Å². The van der Waals surface area contributed by atoms with Crippen molar-refractivity contribution in [2.75, 3.05) is 21.3 Å². The maximum atomic E-state index is 5.04. The molecule has 0 aliphatic rings. The molecule has 0 aromatic carbocycles. The number of H-pyrrole nitrogens is 1. The molecule has 0 aliphatic carbocycles. The molecule has 0 fully saturated rings. The molecule has 5 nitrogen and oxygen atoms in total. The molecular formula is C7H12N2O3. The van der Waals surface area contributed by atoms with Crippen LogP contribution in [-0.2, 0) is 20.2 Å². The molecule has 12 heavy (non-hydrogen) atoms. The van der Waals surface area contributed by atoms with Crippen molar-refractivity contribution in [2.45, 2.75) is 5.97 Å². The van der Waals surface area contributed by atoms with Gasteiger partial charge >= 0.3 is 5.97 Å². The van der Waals surface area contributed by atoms with Gasteiger partial charge in [0.05, 0.1) is 0 Å². The highest BCUT2D eigenvalue weighted by atomic mass is 16.9. The number of hydrogen-bond donors (Lipinski definition) is 1. The Balaban J connectivity index is 2.93. The first-order chi connectivity index (χ1) is 5.79. The summed E-state index contributed by atoms with van der Waals surface area (Å²) < 4.78 is 15.1. The molecule has 0 bridgehead atoms. The predicted molar refractivity (Wildman–Crippen MR) is 41.3 cm³/mol. The van der Waals surface area contributed by atoms with Gasteiger partial charge in [0.1, 0.15) is 0 Å². The normalized spacial score (nSPS) is 11.9. The Kier molecular flexibility index (Phi) is 2.80. The summed E-state index contributed by atoms with van der Waals surface area (Å²) in [5.74, 6) is -0.737. The van der Waals surface area contributed by atoms with Gasteiger partial charge in [0.15, 0.2) is 5.82 Å². The number of aromatic amines is 1. The Morgan fingerprint density at radius 3 is 2.17 bits per heavy atom. The van der Waals surface area contributed by atoms with Crippen molar-refractivity contribution in [3.8, 4) is 0 Å². The predicted octanol–water partition coefficient (Wildman–Crippen LogP) is 0.459. The van der Waals surface area contributed by atoms with E-state index in [0.29, 0.717) is 5.82 Å². The first-order valence-electron chi connectivity index (χ1n) is 3.44. The Morgan fingerprint density at radius 2 is 1.83 bits per heavy atom. The van der Waals surface area contributed by atoms with E-state index in [9.17, 15) is 0 Å². The fourth-order valence-electron chi connectivity index (χ4n) is 0.973. The molecule has 0 radical (unpaired) electrons. The zero-order valence-electron chi connectivity index (χ0n) is 7.33. The summed E-state index contributed by atoms with van der Waals surface area (Å²) in [5, 5.41) is 0. The van der Waals surface area contributed by atoms with E-state index in [2.05, 4.69) is 9.97 Å². The number of nitrogens with zero attached hydrogens (tertiary/aromatic N) is 1. The molecule has 0 unspecified atom stereocenters. The van der Waals surface area contributed by atoms with Crippen molar-refractivity contribution in [3.63, 3.8) is 0 Å². The summed E-state index contributed by atoms with van der Waals surface area (Å²) in [7, 11) is 4.44. The monoisotopic (exact) mass is 172 g/mol. The zero-order chi connectivity index (χ0) is 9.03. The second-order valence-corrected chi connectivity index (χ2v) is 2.11. The number of rotatable bonds is 4. The minimum atomic E-state index is -1.22. The molecular weight excluding hydrogens is 160 g/mol. The van der Waals surface area contributed by atoms with Gasteiger partial charge in [-0.05, 0) is 0 Å². The molecule has 0 saturated carbocycles. The number of hydrogen-bond acceptors (Lipinski definition) is 4. The lowest BCUT2D eigenvalue weighted by molar-refractivity contribution is -0.368. The van der Waals surface area contributed by atoms with E-state index in [0.717, 1.165) is 0 Å². The molecule has 1 N–H and O–H groups in total. The van der Waals surface area contributed by atoms with Gasteiger partial charge in [0, 0.05) is 33.7 Å². The lowest BCUT2D eigenvalue weighted by atomic mass is 10.5. The molecule has 0 saturated heterocycles. The lowest BCUT2D eigenvalue weighted by Crippen LogP contribution is -2.34. The highest BCUT2D eigenvalue weighted by molar-refractivity contribution is 4.93. The molecule has 0 atom stereocenters. The molecule has 5 heteroatoms. The average Bonchev–Trinajstić information content (AvgIpc) is 2.62. The van der Waals surface area contributed by atoms with Crippen LogP contribution in [0.1, 0.15) is 5.82 Å². The maximum absolute atomic E-state index is 5.04. The summed E-state index contributed by atoms with van der Waals surface area (Å²) in [5.41, 5.74) is 0. The van der Waals surface area contributed by atoms with Gasteiger partial charge in [-0.1, -0.05) is 0 Å². The standard InChI is InChI=1S/C7H12N2O3/c1-10-7(11-2,12-3)6-8-4-5-9-6/h4-5H,1-3H3,(H,8,9). The number of methoxy groups -OCH3 is 3. The van der Waals surface area contributed by atoms with Crippen molar-refractivity contribution >= 4 is 0 Å². The van der Waals surface area contributed by atoms with Crippen LogP contribution in [0.15, 0.2) is 12.4 Å². The fraction of sp³-hybridized carbons (Fsp3) is 0.571. The van der Waals surface area contributed by atoms with Crippen molar-refractivity contribution in [1.82, 2.24) is 9.97 Å². The summed E-state index contributed by atoms with van der Waals surface area (Å²) in [6.45, 7) is 0. The highest BCUT2D eigenvalue weighted by Gasteiger charge is 2.35. The third-order valence-corrected chi connectivity index (χ3v) is 1.59. The van der Waals surface area contributed by atoms with Crippen molar-refractivity contribution in [2.24, 2.45) is 0 Å². The molecule has 1 aromatic rings. The number of aromatic nitrogens is 2. The fourth-order valence-corrected chi connectivity index (χ4v) is 0.973. The van der Waals surface area contributed by atoms with E-state index in [1.165, 1.54) is 21.3 Å². The number of nitrogens with one attached hydrogen (secondary N) is 1. The van der Waals surface area contributed by atoms with Gasteiger partial charge in [-0.25, -0.2) is 4.98 Å². The van der Waals surface area contributed by atoms with Gasteiger partial charge in [0.25, 0.3) is 0 Å². The van der Waals surface area contributed by atoms with Gasteiger partial charge in [0.2, 0.25) is 0 Å². The third-order valence-electron chi connectivity index (χ3n) is 1.59. The largest absolute Gasteiger partial charge is 0.345 e. The van der Waals surface area contributed by atoms with Gasteiger partial charge in [-0.15, -0.1) is 0 Å². The van der Waals surface area contributed by atoms with Crippen LogP contribution in [0.4, 0.5) is 0 Å². The third kappa shape index (κ3) is 1.34. The van der Waals surface area contributed by atoms with E-state index in [-0.39, 0.29) is 0 Å². The van der Waals surface area contributed by atoms with Crippen molar-refractivity contribution in [3.05, 3.63) is 18.2 Å². The van der Waals surface area contributed by atoms with E-state index >= 15 is 0 Å². The first kappa shape index (κ1) is 9.18. The molecule has 0 amide bonds. The Hall–Kier alpha value is -0.910. The average molecular weight is 172 g/mol. The topological polar surface area (TPSA) is 56.4 Å². The number of imidazole rings is 1.